The van der Waals surface area contributed by atoms with Gasteiger partial charge in [-0.05, 0) is 43.3 Å². The Morgan fingerprint density at radius 3 is 2.21 bits per heavy atom. The molecular weight excluding hydrogens is 315 g/mol. The van der Waals surface area contributed by atoms with Crippen molar-refractivity contribution in [3.05, 3.63) is 59.9 Å². The number of halogens is 1. The number of carbonyl (C=O) groups is 2. The van der Waals surface area contributed by atoms with Gasteiger partial charge in [0, 0.05) is 0 Å². The fourth-order valence-corrected chi connectivity index (χ4v) is 1.82. The van der Waals surface area contributed by atoms with Crippen LogP contribution in [-0.4, -0.2) is 25.0 Å². The molecule has 2 aromatic rings. The van der Waals surface area contributed by atoms with E-state index < -0.39 is 17.6 Å². The Kier molecular flexibility index (Phi) is 6.13. The monoisotopic (exact) mass is 332 g/mol. The highest BCUT2D eigenvalue weighted by molar-refractivity contribution is 5.95. The lowest BCUT2D eigenvalue weighted by Gasteiger charge is -2.09. The fraction of sp³-hybridized carbons (Fsp3) is 0.176. The van der Waals surface area contributed by atoms with Crippen LogP contribution in [0.3, 0.4) is 0 Å². The van der Waals surface area contributed by atoms with Gasteiger partial charge < -0.3 is 9.47 Å². The van der Waals surface area contributed by atoms with Crippen LogP contribution in [0.4, 0.5) is 4.39 Å². The Hall–Kier alpha value is -3.09. The molecule has 0 aliphatic carbocycles. The molecule has 0 saturated carbocycles. The van der Waals surface area contributed by atoms with Crippen LogP contribution in [0.1, 0.15) is 17.3 Å². The van der Waals surface area contributed by atoms with E-state index in [1.807, 2.05) is 6.92 Å². The number of rotatable bonds is 6. The van der Waals surface area contributed by atoms with Crippen molar-refractivity contribution in [3.8, 4) is 11.5 Å². The lowest BCUT2D eigenvalue weighted by molar-refractivity contribution is -0.123. The van der Waals surface area contributed by atoms with Crippen LogP contribution in [0.5, 0.6) is 11.5 Å². The predicted octanol–water partition coefficient (Wildman–Crippen LogP) is 2.06. The standard InChI is InChI=1S/C17H17FN2O4/c1-2-23-12-7-9-13(10-8-12)24-11-16(21)19-20-17(22)14-5-3-4-6-15(14)18/h3-10H,2,11H2,1H3,(H,19,21)(H,20,22). The smallest absolute Gasteiger partial charge is 0.276 e. The second kappa shape index (κ2) is 8.52. The highest BCUT2D eigenvalue weighted by Crippen LogP contribution is 2.17. The van der Waals surface area contributed by atoms with Gasteiger partial charge in [-0.25, -0.2) is 4.39 Å². The molecule has 0 saturated heterocycles. The van der Waals surface area contributed by atoms with Gasteiger partial charge in [0.25, 0.3) is 11.8 Å². The minimum atomic E-state index is -0.748. The molecule has 2 N–H and O–H groups in total. The van der Waals surface area contributed by atoms with E-state index >= 15 is 0 Å². The summed E-state index contributed by atoms with van der Waals surface area (Å²) in [6, 6.07) is 12.2. The number of carbonyl (C=O) groups excluding carboxylic acids is 2. The third kappa shape index (κ3) is 4.98. The number of hydrazine groups is 1. The van der Waals surface area contributed by atoms with Crippen molar-refractivity contribution >= 4 is 11.8 Å². The minimum Gasteiger partial charge on any atom is -0.494 e. The molecule has 0 fully saturated rings. The molecule has 0 atom stereocenters. The van der Waals surface area contributed by atoms with Crippen LogP contribution in [0, 0.1) is 5.82 Å². The van der Waals surface area contributed by atoms with Gasteiger partial charge in [-0.15, -0.1) is 0 Å². The largest absolute Gasteiger partial charge is 0.494 e. The van der Waals surface area contributed by atoms with Crippen LogP contribution in [0.2, 0.25) is 0 Å². The summed E-state index contributed by atoms with van der Waals surface area (Å²) in [7, 11) is 0. The lowest BCUT2D eigenvalue weighted by Crippen LogP contribution is -2.44. The van der Waals surface area contributed by atoms with Crippen molar-refractivity contribution in [1.82, 2.24) is 10.9 Å². The third-order valence-corrected chi connectivity index (χ3v) is 2.94. The molecule has 0 heterocycles. The van der Waals surface area contributed by atoms with Crippen LogP contribution in [-0.2, 0) is 4.79 Å². The molecule has 2 amide bonds. The van der Waals surface area contributed by atoms with Gasteiger partial charge in [-0.1, -0.05) is 12.1 Å². The number of hydrogen-bond acceptors (Lipinski definition) is 4. The summed E-state index contributed by atoms with van der Waals surface area (Å²) in [6.07, 6.45) is 0. The Balaban J connectivity index is 1.77. The normalized spacial score (nSPS) is 9.92. The molecule has 126 valence electrons. The van der Waals surface area contributed by atoms with Gasteiger partial charge in [0.05, 0.1) is 12.2 Å². The van der Waals surface area contributed by atoms with Gasteiger partial charge in [0.15, 0.2) is 6.61 Å². The maximum absolute atomic E-state index is 13.4. The van der Waals surface area contributed by atoms with Crippen molar-refractivity contribution in [2.75, 3.05) is 13.2 Å². The zero-order valence-corrected chi connectivity index (χ0v) is 13.0. The molecule has 7 heteroatoms. The fourth-order valence-electron chi connectivity index (χ4n) is 1.82. The zero-order chi connectivity index (χ0) is 17.4. The first-order valence-electron chi connectivity index (χ1n) is 7.29. The molecule has 0 radical (unpaired) electrons. The Labute approximate surface area is 138 Å². The number of amides is 2. The molecule has 0 aliphatic heterocycles. The third-order valence-electron chi connectivity index (χ3n) is 2.94. The molecule has 24 heavy (non-hydrogen) atoms. The quantitative estimate of drug-likeness (QED) is 0.794. The van der Waals surface area contributed by atoms with E-state index in [-0.39, 0.29) is 12.2 Å². The van der Waals surface area contributed by atoms with Crippen LogP contribution < -0.4 is 20.3 Å². The van der Waals surface area contributed by atoms with E-state index in [2.05, 4.69) is 10.9 Å². The summed E-state index contributed by atoms with van der Waals surface area (Å²) in [6.45, 7) is 2.14. The molecule has 0 spiro atoms. The van der Waals surface area contributed by atoms with Gasteiger partial charge in [0.2, 0.25) is 0 Å². The molecule has 2 rings (SSSR count). The number of nitrogens with one attached hydrogen (secondary N) is 2. The highest BCUT2D eigenvalue weighted by atomic mass is 19.1. The van der Waals surface area contributed by atoms with E-state index in [0.29, 0.717) is 18.1 Å². The van der Waals surface area contributed by atoms with E-state index in [4.69, 9.17) is 9.47 Å². The topological polar surface area (TPSA) is 76.7 Å². The van der Waals surface area contributed by atoms with Crippen molar-refractivity contribution < 1.29 is 23.5 Å². The summed E-state index contributed by atoms with van der Waals surface area (Å²) in [5, 5.41) is 0. The summed E-state index contributed by atoms with van der Waals surface area (Å²) < 4.78 is 24.0. The second-order valence-electron chi connectivity index (χ2n) is 4.68. The van der Waals surface area contributed by atoms with E-state index in [1.54, 1.807) is 24.3 Å². The molecule has 0 bridgehead atoms. The van der Waals surface area contributed by atoms with Gasteiger partial charge in [-0.2, -0.15) is 0 Å². The number of ether oxygens (including phenoxy) is 2. The number of hydrogen-bond donors (Lipinski definition) is 2. The van der Waals surface area contributed by atoms with Crippen molar-refractivity contribution in [2.24, 2.45) is 0 Å². The van der Waals surface area contributed by atoms with Crippen LogP contribution in [0.25, 0.3) is 0 Å². The Morgan fingerprint density at radius 1 is 0.958 bits per heavy atom. The summed E-state index contributed by atoms with van der Waals surface area (Å²) in [5.41, 5.74) is 4.12. The van der Waals surface area contributed by atoms with Crippen LogP contribution >= 0.6 is 0 Å². The lowest BCUT2D eigenvalue weighted by atomic mass is 10.2. The minimum absolute atomic E-state index is 0.162. The van der Waals surface area contributed by atoms with Gasteiger partial charge >= 0.3 is 0 Å². The maximum atomic E-state index is 13.4. The van der Waals surface area contributed by atoms with Gasteiger partial charge in [0.1, 0.15) is 17.3 Å². The van der Waals surface area contributed by atoms with E-state index in [1.165, 1.54) is 18.2 Å². The maximum Gasteiger partial charge on any atom is 0.276 e. The van der Waals surface area contributed by atoms with Crippen molar-refractivity contribution in [3.63, 3.8) is 0 Å². The first-order chi connectivity index (χ1) is 11.6. The van der Waals surface area contributed by atoms with Gasteiger partial charge in [-0.3, -0.25) is 20.4 Å². The summed E-state index contributed by atoms with van der Waals surface area (Å²) in [4.78, 5) is 23.4. The van der Waals surface area contributed by atoms with Crippen molar-refractivity contribution in [1.29, 1.82) is 0 Å². The molecule has 2 aromatic carbocycles. The van der Waals surface area contributed by atoms with Crippen LogP contribution in [0.15, 0.2) is 48.5 Å². The molecular formula is C17H17FN2O4. The number of benzene rings is 2. The zero-order valence-electron chi connectivity index (χ0n) is 13.0. The first kappa shape index (κ1) is 17.3. The predicted molar refractivity (Wildman–Crippen MR) is 85.1 cm³/mol. The molecule has 0 unspecified atom stereocenters. The second-order valence-corrected chi connectivity index (χ2v) is 4.68. The molecule has 0 aliphatic rings. The SMILES string of the molecule is CCOc1ccc(OCC(=O)NNC(=O)c2ccccc2F)cc1. The molecule has 6 nitrogen and oxygen atoms in total. The highest BCUT2D eigenvalue weighted by Gasteiger charge is 2.11. The first-order valence-corrected chi connectivity index (χ1v) is 7.29. The average Bonchev–Trinajstić information content (AvgIpc) is 2.60. The average molecular weight is 332 g/mol. The van der Waals surface area contributed by atoms with Crippen molar-refractivity contribution in [2.45, 2.75) is 6.92 Å². The Morgan fingerprint density at radius 2 is 1.58 bits per heavy atom. The summed E-state index contributed by atoms with van der Waals surface area (Å²) in [5.74, 6) is -0.813. The molecule has 0 aromatic heterocycles. The summed E-state index contributed by atoms with van der Waals surface area (Å²) >= 11 is 0. The van der Waals surface area contributed by atoms with E-state index in [0.717, 1.165) is 6.07 Å². The Bertz CT molecular complexity index is 704. The van der Waals surface area contributed by atoms with E-state index in [9.17, 15) is 14.0 Å².